The largest absolute Gasteiger partial charge is 0.497 e. The molecule has 0 aliphatic heterocycles. The van der Waals surface area contributed by atoms with Gasteiger partial charge in [0.2, 0.25) is 5.91 Å². The van der Waals surface area contributed by atoms with Crippen molar-refractivity contribution in [1.29, 1.82) is 0 Å². The maximum Gasteiger partial charge on any atom is 0.252 e. The number of benzene rings is 2. The molecule has 1 unspecified atom stereocenters. The standard InChI is InChI=1S/C23H28N4O4S/c1-14(2)20(27-21(28)15-11-16(30-3)13-17(12-15)31-4)22(29)24-9-10-25-23-26-18-7-5-6-8-19(18)32-23/h5-8,11-14,20H,9-10H2,1-4H3,(H,24,29)(H,25,26)(H,27,28). The molecule has 3 N–H and O–H groups in total. The number of thiazole rings is 1. The number of hydrogen-bond donors (Lipinski definition) is 3. The van der Waals surface area contributed by atoms with E-state index in [4.69, 9.17) is 9.47 Å². The lowest BCUT2D eigenvalue weighted by Crippen LogP contribution is -2.50. The molecule has 0 saturated heterocycles. The Morgan fingerprint density at radius 2 is 1.72 bits per heavy atom. The van der Waals surface area contributed by atoms with Crippen molar-refractivity contribution in [2.75, 3.05) is 32.6 Å². The normalized spacial score (nSPS) is 11.8. The maximum absolute atomic E-state index is 12.8. The summed E-state index contributed by atoms with van der Waals surface area (Å²) in [5.41, 5.74) is 1.30. The summed E-state index contributed by atoms with van der Waals surface area (Å²) in [5, 5.41) is 9.73. The zero-order valence-corrected chi connectivity index (χ0v) is 19.4. The Labute approximate surface area is 191 Å². The number of fused-ring (bicyclic) bond motifs is 1. The lowest BCUT2D eigenvalue weighted by Gasteiger charge is -2.22. The lowest BCUT2D eigenvalue weighted by atomic mass is 10.0. The molecule has 9 heteroatoms. The Morgan fingerprint density at radius 3 is 2.34 bits per heavy atom. The van der Waals surface area contributed by atoms with Gasteiger partial charge in [-0.1, -0.05) is 37.3 Å². The van der Waals surface area contributed by atoms with E-state index < -0.39 is 6.04 Å². The van der Waals surface area contributed by atoms with Gasteiger partial charge in [0, 0.05) is 24.7 Å². The van der Waals surface area contributed by atoms with Crippen LogP contribution in [-0.2, 0) is 4.79 Å². The molecule has 1 atom stereocenters. The molecule has 3 aromatic rings. The predicted octanol–water partition coefficient (Wildman–Crippen LogP) is 3.30. The molecule has 1 aromatic heterocycles. The minimum Gasteiger partial charge on any atom is -0.497 e. The predicted molar refractivity (Wildman–Crippen MR) is 127 cm³/mol. The van der Waals surface area contributed by atoms with Crippen LogP contribution in [0.3, 0.4) is 0 Å². The van der Waals surface area contributed by atoms with E-state index in [9.17, 15) is 9.59 Å². The quantitative estimate of drug-likeness (QED) is 0.405. The van der Waals surface area contributed by atoms with Crippen LogP contribution in [0.1, 0.15) is 24.2 Å². The average Bonchev–Trinajstić information content (AvgIpc) is 3.22. The second-order valence-electron chi connectivity index (χ2n) is 7.50. The topological polar surface area (TPSA) is 102 Å². The van der Waals surface area contributed by atoms with E-state index in [1.54, 1.807) is 29.5 Å². The summed E-state index contributed by atoms with van der Waals surface area (Å²) >= 11 is 1.57. The first-order chi connectivity index (χ1) is 15.4. The molecule has 0 aliphatic rings. The fourth-order valence-corrected chi connectivity index (χ4v) is 4.00. The number of aromatic nitrogens is 1. The van der Waals surface area contributed by atoms with Gasteiger partial charge in [0.1, 0.15) is 17.5 Å². The van der Waals surface area contributed by atoms with Crippen molar-refractivity contribution in [2.24, 2.45) is 5.92 Å². The maximum atomic E-state index is 12.8. The summed E-state index contributed by atoms with van der Waals surface area (Å²) in [7, 11) is 3.03. The van der Waals surface area contributed by atoms with Crippen LogP contribution in [0.15, 0.2) is 42.5 Å². The van der Waals surface area contributed by atoms with Crippen molar-refractivity contribution in [3.8, 4) is 11.5 Å². The molecule has 170 valence electrons. The van der Waals surface area contributed by atoms with Crippen LogP contribution in [0.5, 0.6) is 11.5 Å². The van der Waals surface area contributed by atoms with Crippen molar-refractivity contribution >= 4 is 38.5 Å². The van der Waals surface area contributed by atoms with Crippen molar-refractivity contribution in [3.63, 3.8) is 0 Å². The number of amides is 2. The Bertz CT molecular complexity index is 1030. The molecule has 0 fully saturated rings. The molecule has 8 nitrogen and oxygen atoms in total. The van der Waals surface area contributed by atoms with Crippen LogP contribution in [0.4, 0.5) is 5.13 Å². The molecule has 2 amide bonds. The van der Waals surface area contributed by atoms with Gasteiger partial charge in [-0.2, -0.15) is 0 Å². The van der Waals surface area contributed by atoms with Crippen LogP contribution >= 0.6 is 11.3 Å². The van der Waals surface area contributed by atoms with Gasteiger partial charge < -0.3 is 25.4 Å². The fraction of sp³-hybridized carbons (Fsp3) is 0.348. The second-order valence-corrected chi connectivity index (χ2v) is 8.53. The summed E-state index contributed by atoms with van der Waals surface area (Å²) in [4.78, 5) is 30.0. The summed E-state index contributed by atoms with van der Waals surface area (Å²) in [5.74, 6) is 0.295. The Morgan fingerprint density at radius 1 is 1.03 bits per heavy atom. The van der Waals surface area contributed by atoms with E-state index in [1.165, 1.54) is 14.2 Å². The smallest absolute Gasteiger partial charge is 0.252 e. The Hall–Kier alpha value is -3.33. The first-order valence-corrected chi connectivity index (χ1v) is 11.1. The highest BCUT2D eigenvalue weighted by molar-refractivity contribution is 7.22. The molecular formula is C23H28N4O4S. The van der Waals surface area contributed by atoms with E-state index in [1.807, 2.05) is 38.1 Å². The van der Waals surface area contributed by atoms with Gasteiger partial charge >= 0.3 is 0 Å². The Balaban J connectivity index is 1.55. The highest BCUT2D eigenvalue weighted by atomic mass is 32.1. The zero-order chi connectivity index (χ0) is 23.1. The van der Waals surface area contributed by atoms with Crippen LogP contribution in [0.25, 0.3) is 10.2 Å². The Kier molecular flexibility index (Phi) is 7.88. The third-order valence-corrected chi connectivity index (χ3v) is 5.84. The summed E-state index contributed by atoms with van der Waals surface area (Å²) in [6.45, 7) is 4.70. The molecule has 0 radical (unpaired) electrons. The molecule has 0 aliphatic carbocycles. The fourth-order valence-electron chi connectivity index (χ4n) is 3.11. The average molecular weight is 457 g/mol. The van der Waals surface area contributed by atoms with Crippen LogP contribution in [-0.4, -0.2) is 50.1 Å². The highest BCUT2D eigenvalue weighted by Gasteiger charge is 2.25. The number of para-hydroxylation sites is 1. The number of hydrogen-bond acceptors (Lipinski definition) is 7. The van der Waals surface area contributed by atoms with E-state index in [2.05, 4.69) is 20.9 Å². The van der Waals surface area contributed by atoms with Crippen LogP contribution < -0.4 is 25.4 Å². The highest BCUT2D eigenvalue weighted by Crippen LogP contribution is 2.25. The molecule has 3 rings (SSSR count). The number of carbonyl (C=O) groups is 2. The number of methoxy groups -OCH3 is 2. The van der Waals surface area contributed by atoms with Gasteiger partial charge in [-0.15, -0.1) is 0 Å². The van der Waals surface area contributed by atoms with Crippen molar-refractivity contribution < 1.29 is 19.1 Å². The summed E-state index contributed by atoms with van der Waals surface area (Å²) in [6.07, 6.45) is 0. The summed E-state index contributed by atoms with van der Waals surface area (Å²) < 4.78 is 11.5. The molecule has 0 saturated carbocycles. The second kappa shape index (κ2) is 10.8. The SMILES string of the molecule is COc1cc(OC)cc(C(=O)NC(C(=O)NCCNc2nc3ccccc3s2)C(C)C)c1. The minimum atomic E-state index is -0.679. The van der Waals surface area contributed by atoms with Crippen LogP contribution in [0, 0.1) is 5.92 Å². The van der Waals surface area contributed by atoms with E-state index >= 15 is 0 Å². The van der Waals surface area contributed by atoms with Crippen molar-refractivity contribution in [3.05, 3.63) is 48.0 Å². The number of nitrogens with one attached hydrogen (secondary N) is 3. The van der Waals surface area contributed by atoms with Gasteiger partial charge in [-0.05, 0) is 30.2 Å². The van der Waals surface area contributed by atoms with Gasteiger partial charge in [0.15, 0.2) is 5.13 Å². The number of nitrogens with zero attached hydrogens (tertiary/aromatic N) is 1. The van der Waals surface area contributed by atoms with E-state index in [0.29, 0.717) is 30.2 Å². The lowest BCUT2D eigenvalue weighted by molar-refractivity contribution is -0.123. The zero-order valence-electron chi connectivity index (χ0n) is 18.6. The first-order valence-electron chi connectivity index (χ1n) is 10.3. The molecule has 0 spiro atoms. The van der Waals surface area contributed by atoms with Gasteiger partial charge in [-0.25, -0.2) is 4.98 Å². The molecule has 32 heavy (non-hydrogen) atoms. The number of ether oxygens (including phenoxy) is 2. The van der Waals surface area contributed by atoms with Gasteiger partial charge in [0.05, 0.1) is 24.4 Å². The first kappa shape index (κ1) is 23.3. The monoisotopic (exact) mass is 456 g/mol. The summed E-state index contributed by atoms with van der Waals surface area (Å²) in [6, 6.07) is 12.1. The molecule has 1 heterocycles. The van der Waals surface area contributed by atoms with Crippen molar-refractivity contribution in [1.82, 2.24) is 15.6 Å². The van der Waals surface area contributed by atoms with Gasteiger partial charge in [0.25, 0.3) is 5.91 Å². The van der Waals surface area contributed by atoms with Crippen LogP contribution in [0.2, 0.25) is 0 Å². The molecule has 2 aromatic carbocycles. The number of rotatable bonds is 10. The van der Waals surface area contributed by atoms with Gasteiger partial charge in [-0.3, -0.25) is 9.59 Å². The van der Waals surface area contributed by atoms with E-state index in [-0.39, 0.29) is 17.7 Å². The molecular weight excluding hydrogens is 428 g/mol. The third kappa shape index (κ3) is 5.88. The number of carbonyl (C=O) groups excluding carboxylic acids is 2. The number of anilines is 1. The molecule has 0 bridgehead atoms. The van der Waals surface area contributed by atoms with E-state index in [0.717, 1.165) is 15.3 Å². The minimum absolute atomic E-state index is 0.0938. The third-order valence-electron chi connectivity index (χ3n) is 4.84. The van der Waals surface area contributed by atoms with Crippen molar-refractivity contribution in [2.45, 2.75) is 19.9 Å².